The maximum Gasteiger partial charge on any atom is 0.150 e. The average molecular weight is 285 g/mol. The summed E-state index contributed by atoms with van der Waals surface area (Å²) in [5.74, 6) is -0.997. The molecule has 7 heteroatoms. The topological polar surface area (TPSA) is 47.0 Å². The third-order valence-corrected chi connectivity index (χ3v) is 3.34. The Hall–Kier alpha value is -1.44. The Morgan fingerprint density at radius 2 is 2.16 bits per heavy atom. The highest BCUT2D eigenvalue weighted by Gasteiger charge is 2.12. The summed E-state index contributed by atoms with van der Waals surface area (Å²) >= 11 is 1.23. The number of nitrogens with one attached hydrogen (secondary N) is 1. The number of rotatable bonds is 6. The highest BCUT2D eigenvalue weighted by atomic mass is 32.1. The molecule has 0 amide bonds. The first kappa shape index (κ1) is 14.0. The molecule has 2 aromatic rings. The predicted molar refractivity (Wildman–Crippen MR) is 68.8 cm³/mol. The van der Waals surface area contributed by atoms with E-state index in [0.717, 1.165) is 23.2 Å². The molecular weight excluding hydrogens is 272 g/mol. The zero-order chi connectivity index (χ0) is 13.7. The van der Waals surface area contributed by atoms with Crippen LogP contribution in [0.15, 0.2) is 18.2 Å². The van der Waals surface area contributed by atoms with E-state index in [2.05, 4.69) is 15.5 Å². The van der Waals surface area contributed by atoms with Gasteiger partial charge in [0.25, 0.3) is 0 Å². The Bertz CT molecular complexity index is 548. The van der Waals surface area contributed by atoms with Crippen LogP contribution in [-0.2, 0) is 11.3 Å². The molecule has 1 aromatic heterocycles. The van der Waals surface area contributed by atoms with Crippen molar-refractivity contribution < 1.29 is 13.5 Å². The quantitative estimate of drug-likeness (QED) is 0.827. The molecule has 0 fully saturated rings. The number of methoxy groups -OCH3 is 1. The van der Waals surface area contributed by atoms with Gasteiger partial charge < -0.3 is 10.1 Å². The largest absolute Gasteiger partial charge is 0.383 e. The van der Waals surface area contributed by atoms with Crippen molar-refractivity contribution in [1.82, 2.24) is 15.5 Å². The first-order valence-electron chi connectivity index (χ1n) is 5.68. The Morgan fingerprint density at radius 1 is 1.32 bits per heavy atom. The van der Waals surface area contributed by atoms with E-state index in [4.69, 9.17) is 4.74 Å². The molecule has 0 atom stereocenters. The molecule has 0 aliphatic heterocycles. The van der Waals surface area contributed by atoms with Crippen LogP contribution < -0.4 is 5.32 Å². The van der Waals surface area contributed by atoms with Crippen molar-refractivity contribution in [3.8, 4) is 10.6 Å². The SMILES string of the molecule is COCCNCc1nnc(-c2cc(F)ccc2F)s1. The molecule has 0 unspecified atom stereocenters. The second kappa shape index (κ2) is 6.65. The molecule has 19 heavy (non-hydrogen) atoms. The molecular formula is C12H13F2N3OS. The second-order valence-electron chi connectivity index (χ2n) is 3.79. The lowest BCUT2D eigenvalue weighted by Crippen LogP contribution is -2.18. The van der Waals surface area contributed by atoms with Gasteiger partial charge >= 0.3 is 0 Å². The molecule has 102 valence electrons. The summed E-state index contributed by atoms with van der Waals surface area (Å²) in [7, 11) is 1.62. The zero-order valence-electron chi connectivity index (χ0n) is 10.3. The van der Waals surface area contributed by atoms with Crippen molar-refractivity contribution in [2.24, 2.45) is 0 Å². The highest BCUT2D eigenvalue weighted by molar-refractivity contribution is 7.14. The van der Waals surface area contributed by atoms with Crippen molar-refractivity contribution in [2.45, 2.75) is 6.54 Å². The van der Waals surface area contributed by atoms with Gasteiger partial charge in [-0.1, -0.05) is 11.3 Å². The lowest BCUT2D eigenvalue weighted by atomic mass is 10.2. The minimum Gasteiger partial charge on any atom is -0.383 e. The zero-order valence-corrected chi connectivity index (χ0v) is 11.1. The highest BCUT2D eigenvalue weighted by Crippen LogP contribution is 2.26. The fourth-order valence-electron chi connectivity index (χ4n) is 1.46. The minimum atomic E-state index is -0.503. The number of hydrogen-bond acceptors (Lipinski definition) is 5. The predicted octanol–water partition coefficient (Wildman–Crippen LogP) is 2.22. The van der Waals surface area contributed by atoms with Gasteiger partial charge in [-0.15, -0.1) is 10.2 Å². The van der Waals surface area contributed by atoms with Gasteiger partial charge in [-0.3, -0.25) is 0 Å². The lowest BCUT2D eigenvalue weighted by molar-refractivity contribution is 0.199. The van der Waals surface area contributed by atoms with Gasteiger partial charge in [0.2, 0.25) is 0 Å². The molecule has 0 aliphatic rings. The normalized spacial score (nSPS) is 10.9. The van der Waals surface area contributed by atoms with Gasteiger partial charge in [0.1, 0.15) is 16.6 Å². The van der Waals surface area contributed by atoms with Gasteiger partial charge in [0.05, 0.1) is 12.2 Å². The second-order valence-corrected chi connectivity index (χ2v) is 4.86. The van der Waals surface area contributed by atoms with E-state index in [1.54, 1.807) is 7.11 Å². The molecule has 0 spiro atoms. The van der Waals surface area contributed by atoms with E-state index in [-0.39, 0.29) is 5.56 Å². The smallest absolute Gasteiger partial charge is 0.150 e. The molecule has 0 saturated heterocycles. The Morgan fingerprint density at radius 3 is 2.95 bits per heavy atom. The third kappa shape index (κ3) is 3.76. The molecule has 4 nitrogen and oxygen atoms in total. The van der Waals surface area contributed by atoms with E-state index in [1.807, 2.05) is 0 Å². The Labute approximate surface area is 113 Å². The number of hydrogen-bond donors (Lipinski definition) is 1. The van der Waals surface area contributed by atoms with Crippen molar-refractivity contribution >= 4 is 11.3 Å². The molecule has 1 heterocycles. The summed E-state index contributed by atoms with van der Waals surface area (Å²) in [5, 5.41) is 12.0. The van der Waals surface area contributed by atoms with Crippen LogP contribution in [0.3, 0.4) is 0 Å². The van der Waals surface area contributed by atoms with E-state index >= 15 is 0 Å². The number of benzene rings is 1. The summed E-state index contributed by atoms with van der Waals surface area (Å²) in [5.41, 5.74) is 0.139. The van der Waals surface area contributed by atoms with Crippen LogP contribution in [0.25, 0.3) is 10.6 Å². The maximum absolute atomic E-state index is 13.6. The van der Waals surface area contributed by atoms with E-state index < -0.39 is 11.6 Å². The van der Waals surface area contributed by atoms with Gasteiger partial charge in [-0.25, -0.2) is 8.78 Å². The molecule has 0 bridgehead atoms. The maximum atomic E-state index is 13.6. The number of aromatic nitrogens is 2. The summed E-state index contributed by atoms with van der Waals surface area (Å²) < 4.78 is 31.5. The monoisotopic (exact) mass is 285 g/mol. The fourth-order valence-corrected chi connectivity index (χ4v) is 2.29. The number of ether oxygens (including phenoxy) is 1. The summed E-state index contributed by atoms with van der Waals surface area (Å²) in [6.07, 6.45) is 0. The van der Waals surface area contributed by atoms with Gasteiger partial charge in [-0.2, -0.15) is 0 Å². The van der Waals surface area contributed by atoms with Crippen molar-refractivity contribution in [3.63, 3.8) is 0 Å². The molecule has 0 aliphatic carbocycles. The molecule has 1 N–H and O–H groups in total. The number of halogens is 2. The molecule has 0 radical (unpaired) electrons. The van der Waals surface area contributed by atoms with Crippen LogP contribution in [0.1, 0.15) is 5.01 Å². The first-order valence-corrected chi connectivity index (χ1v) is 6.50. The standard InChI is InChI=1S/C12H13F2N3OS/c1-18-5-4-15-7-11-16-17-12(19-11)9-6-8(13)2-3-10(9)14/h2-3,6,15H,4-5,7H2,1H3. The summed E-state index contributed by atoms with van der Waals surface area (Å²) in [4.78, 5) is 0. The van der Waals surface area contributed by atoms with E-state index in [0.29, 0.717) is 24.7 Å². The fraction of sp³-hybridized carbons (Fsp3) is 0.333. The van der Waals surface area contributed by atoms with Crippen LogP contribution >= 0.6 is 11.3 Å². The van der Waals surface area contributed by atoms with Gasteiger partial charge in [0.15, 0.2) is 5.01 Å². The van der Waals surface area contributed by atoms with Crippen LogP contribution in [0.2, 0.25) is 0 Å². The first-order chi connectivity index (χ1) is 9.20. The summed E-state index contributed by atoms with van der Waals surface area (Å²) in [6, 6.07) is 3.29. The molecule has 2 rings (SSSR count). The Kier molecular flexibility index (Phi) is 4.89. The van der Waals surface area contributed by atoms with E-state index in [1.165, 1.54) is 11.3 Å². The van der Waals surface area contributed by atoms with Crippen molar-refractivity contribution in [1.29, 1.82) is 0 Å². The van der Waals surface area contributed by atoms with Crippen LogP contribution in [-0.4, -0.2) is 30.5 Å². The van der Waals surface area contributed by atoms with Gasteiger partial charge in [0, 0.05) is 20.2 Å². The molecule has 0 saturated carbocycles. The summed E-state index contributed by atoms with van der Waals surface area (Å²) in [6.45, 7) is 1.82. The third-order valence-electron chi connectivity index (χ3n) is 2.38. The van der Waals surface area contributed by atoms with Crippen LogP contribution in [0, 0.1) is 11.6 Å². The lowest BCUT2D eigenvalue weighted by Gasteiger charge is -1.99. The van der Waals surface area contributed by atoms with Crippen molar-refractivity contribution in [2.75, 3.05) is 20.3 Å². The average Bonchev–Trinajstić information content (AvgIpc) is 2.86. The van der Waals surface area contributed by atoms with Crippen LogP contribution in [0.4, 0.5) is 8.78 Å². The minimum absolute atomic E-state index is 0.139. The Balaban J connectivity index is 2.06. The number of nitrogens with zero attached hydrogens (tertiary/aromatic N) is 2. The van der Waals surface area contributed by atoms with Crippen molar-refractivity contribution in [3.05, 3.63) is 34.8 Å². The molecule has 1 aromatic carbocycles. The van der Waals surface area contributed by atoms with E-state index in [9.17, 15) is 8.78 Å². The van der Waals surface area contributed by atoms with Gasteiger partial charge in [-0.05, 0) is 18.2 Å². The van der Waals surface area contributed by atoms with Crippen LogP contribution in [0.5, 0.6) is 0 Å².